The van der Waals surface area contributed by atoms with Gasteiger partial charge in [0.25, 0.3) is 0 Å². The molecule has 3 aliphatic heterocycles. The van der Waals surface area contributed by atoms with Gasteiger partial charge in [0.05, 0.1) is 39.3 Å². The summed E-state index contributed by atoms with van der Waals surface area (Å²) in [4.78, 5) is 16.4. The lowest BCUT2D eigenvalue weighted by Crippen LogP contribution is -2.56. The van der Waals surface area contributed by atoms with Gasteiger partial charge in [-0.1, -0.05) is 11.6 Å². The highest BCUT2D eigenvalue weighted by molar-refractivity contribution is 6.36. The fourth-order valence-corrected chi connectivity index (χ4v) is 7.79. The molecule has 4 aliphatic rings. The molecule has 8 nitrogen and oxygen atoms in total. The summed E-state index contributed by atoms with van der Waals surface area (Å²) < 4.78 is 101. The lowest BCUT2D eigenvalue weighted by Gasteiger charge is -2.44. The molecule has 5 heterocycles. The van der Waals surface area contributed by atoms with Crippen LogP contribution < -0.4 is 20.1 Å². The molecule has 3 aromatic rings. The van der Waals surface area contributed by atoms with Crippen LogP contribution in [0.3, 0.4) is 0 Å². The van der Waals surface area contributed by atoms with Gasteiger partial charge in [0.1, 0.15) is 41.7 Å². The summed E-state index contributed by atoms with van der Waals surface area (Å²) in [5.74, 6) is -1.52. The highest BCUT2D eigenvalue weighted by atomic mass is 35.5. The van der Waals surface area contributed by atoms with Crippen LogP contribution in [0.25, 0.3) is 22.2 Å². The minimum Gasteiger partial charge on any atom is -0.483 e. The van der Waals surface area contributed by atoms with Crippen LogP contribution in [0.15, 0.2) is 6.07 Å². The molecule has 2 saturated heterocycles. The molecular weight excluding hydrogens is 614 g/mol. The van der Waals surface area contributed by atoms with Crippen LogP contribution in [0.5, 0.6) is 11.8 Å². The van der Waals surface area contributed by atoms with Crippen molar-refractivity contribution in [1.29, 1.82) is 0 Å². The van der Waals surface area contributed by atoms with E-state index in [4.69, 9.17) is 26.8 Å². The number of nitrogen functional groups attached to an aromatic ring is 1. The Bertz CT molecular complexity index is 1690. The predicted octanol–water partition coefficient (Wildman–Crippen LogP) is 6.05. The average Bonchev–Trinajstić information content (AvgIpc) is 3.38. The zero-order valence-corrected chi connectivity index (χ0v) is 24.6. The van der Waals surface area contributed by atoms with E-state index in [1.807, 2.05) is 4.90 Å². The summed E-state index contributed by atoms with van der Waals surface area (Å²) in [6, 6.07) is 0.787. The summed E-state index contributed by atoms with van der Waals surface area (Å²) in [5, 5.41) is -0.487. The molecule has 236 valence electrons. The minimum absolute atomic E-state index is 0.00446. The van der Waals surface area contributed by atoms with Crippen LogP contribution in [0, 0.1) is 12.7 Å². The van der Waals surface area contributed by atoms with Crippen molar-refractivity contribution in [3.8, 4) is 23.0 Å². The van der Waals surface area contributed by atoms with E-state index >= 15 is 4.39 Å². The second-order valence-corrected chi connectivity index (χ2v) is 12.9. The van der Waals surface area contributed by atoms with E-state index in [1.165, 1.54) is 6.92 Å². The van der Waals surface area contributed by atoms with Gasteiger partial charge in [-0.05, 0) is 37.9 Å². The van der Waals surface area contributed by atoms with E-state index in [1.54, 1.807) is 11.9 Å². The van der Waals surface area contributed by atoms with Crippen molar-refractivity contribution in [2.24, 2.45) is 0 Å². The highest BCUT2D eigenvalue weighted by Gasteiger charge is 2.52. The SMILES string of the molecule is Cc1cc(N)nc(-c2c(Cl)c3c4c(nc(OC[C@@]56CCCN5C[C@H](F)C6)nc4c2F)N(C)CC2(CC(F)C2)O3)c1C(F)(F)F. The predicted molar refractivity (Wildman–Crippen MR) is 151 cm³/mol. The van der Waals surface area contributed by atoms with Gasteiger partial charge in [-0.25, -0.2) is 18.2 Å². The lowest BCUT2D eigenvalue weighted by atomic mass is 9.78. The number of ether oxygens (including phenoxy) is 2. The molecule has 0 unspecified atom stereocenters. The Kier molecular flexibility index (Phi) is 6.61. The van der Waals surface area contributed by atoms with Gasteiger partial charge in [-0.15, -0.1) is 0 Å². The molecule has 2 N–H and O–H groups in total. The Morgan fingerprint density at radius 2 is 1.91 bits per heavy atom. The van der Waals surface area contributed by atoms with Crippen LogP contribution in [0.2, 0.25) is 5.02 Å². The topological polar surface area (TPSA) is 89.6 Å². The van der Waals surface area contributed by atoms with Crippen LogP contribution in [-0.4, -0.2) is 76.6 Å². The van der Waals surface area contributed by atoms with Gasteiger partial charge in [-0.3, -0.25) is 4.90 Å². The monoisotopic (exact) mass is 642 g/mol. The third-order valence-corrected chi connectivity index (χ3v) is 9.68. The number of aryl methyl sites for hydroxylation is 1. The highest BCUT2D eigenvalue weighted by Crippen LogP contribution is 2.53. The van der Waals surface area contributed by atoms with E-state index in [0.29, 0.717) is 13.0 Å². The first kappa shape index (κ1) is 29.5. The third kappa shape index (κ3) is 4.50. The zero-order chi connectivity index (χ0) is 31.3. The molecule has 15 heteroatoms. The largest absolute Gasteiger partial charge is 0.483 e. The summed E-state index contributed by atoms with van der Waals surface area (Å²) in [7, 11) is 1.66. The molecule has 1 aliphatic carbocycles. The number of nitrogens with two attached hydrogens (primary N) is 1. The van der Waals surface area contributed by atoms with Crippen molar-refractivity contribution in [3.63, 3.8) is 0 Å². The summed E-state index contributed by atoms with van der Waals surface area (Å²) in [5.41, 5.74) is 0.717. The van der Waals surface area contributed by atoms with E-state index in [0.717, 1.165) is 19.0 Å². The molecule has 3 fully saturated rings. The van der Waals surface area contributed by atoms with Gasteiger partial charge in [0.2, 0.25) is 0 Å². The first-order valence-corrected chi connectivity index (χ1v) is 14.7. The Balaban J connectivity index is 1.44. The number of hydrogen-bond acceptors (Lipinski definition) is 8. The van der Waals surface area contributed by atoms with E-state index in [2.05, 4.69) is 15.0 Å². The second-order valence-electron chi connectivity index (χ2n) is 12.5. The molecule has 7 rings (SSSR count). The van der Waals surface area contributed by atoms with Crippen LogP contribution in [0.4, 0.5) is 38.0 Å². The molecule has 2 atom stereocenters. The van der Waals surface area contributed by atoms with Crippen LogP contribution in [-0.2, 0) is 6.18 Å². The second kappa shape index (κ2) is 9.87. The molecule has 1 aromatic carbocycles. The lowest BCUT2D eigenvalue weighted by molar-refractivity contribution is -0.137. The van der Waals surface area contributed by atoms with Gasteiger partial charge in [0.15, 0.2) is 11.6 Å². The number of aromatic nitrogens is 3. The summed E-state index contributed by atoms with van der Waals surface area (Å²) in [6.07, 6.45) is -5.31. The van der Waals surface area contributed by atoms with Crippen molar-refractivity contribution in [3.05, 3.63) is 28.0 Å². The number of pyridine rings is 1. The third-order valence-electron chi connectivity index (χ3n) is 9.32. The first-order chi connectivity index (χ1) is 20.7. The van der Waals surface area contributed by atoms with Gasteiger partial charge in [0, 0.05) is 32.9 Å². The maximum absolute atomic E-state index is 16.7. The Hall–Kier alpha value is -3.26. The number of nitrogens with zero attached hydrogens (tertiary/aromatic N) is 5. The fourth-order valence-electron chi connectivity index (χ4n) is 7.48. The molecule has 0 radical (unpaired) electrons. The number of alkyl halides is 5. The first-order valence-electron chi connectivity index (χ1n) is 14.3. The minimum atomic E-state index is -4.94. The maximum atomic E-state index is 16.7. The summed E-state index contributed by atoms with van der Waals surface area (Å²) in [6.45, 7) is 2.37. The van der Waals surface area contributed by atoms with Crippen molar-refractivity contribution < 1.29 is 35.8 Å². The van der Waals surface area contributed by atoms with E-state index in [9.17, 15) is 22.0 Å². The molecule has 2 aromatic heterocycles. The molecule has 0 bridgehead atoms. The van der Waals surface area contributed by atoms with E-state index in [-0.39, 0.29) is 66.8 Å². The van der Waals surface area contributed by atoms with Gasteiger partial charge >= 0.3 is 12.2 Å². The molecular formula is C29H29ClF6N6O2. The zero-order valence-electron chi connectivity index (χ0n) is 23.9. The van der Waals surface area contributed by atoms with Crippen molar-refractivity contribution in [2.45, 2.75) is 68.7 Å². The van der Waals surface area contributed by atoms with Crippen molar-refractivity contribution in [2.75, 3.05) is 43.9 Å². The quantitative estimate of drug-likeness (QED) is 0.344. The molecule has 44 heavy (non-hydrogen) atoms. The number of halogens is 7. The number of anilines is 2. The average molecular weight is 643 g/mol. The number of likely N-dealkylation sites (N-methyl/N-ethyl adjacent to an activating group) is 1. The molecule has 0 amide bonds. The molecule has 1 spiro atoms. The van der Waals surface area contributed by atoms with E-state index < -0.39 is 62.8 Å². The maximum Gasteiger partial charge on any atom is 0.418 e. The number of rotatable bonds is 4. The Morgan fingerprint density at radius 3 is 2.61 bits per heavy atom. The Labute approximate surface area is 253 Å². The standard InChI is InChI=1S/C29H29ClF6N6O2/c1-13-6-16(37)38-22(19(13)29(34,35)36)17-20(30)24-18-23(21(17)33)39-26(43-12-27-4-3-5-42(27)10-15(32)7-27)40-25(18)41(2)11-28(44-24)8-14(31)9-28/h6,14-15H,3-5,7-12H2,1-2H3,(H2,37,38)/t14?,15-,27+,28?/m1/s1. The Morgan fingerprint density at radius 1 is 1.16 bits per heavy atom. The number of benzene rings is 1. The number of fused-ring (bicyclic) bond motifs is 1. The normalized spacial score (nSPS) is 28.2. The summed E-state index contributed by atoms with van der Waals surface area (Å²) >= 11 is 6.73. The smallest absolute Gasteiger partial charge is 0.418 e. The fraction of sp³-hybridized carbons (Fsp3) is 0.552. The van der Waals surface area contributed by atoms with Crippen LogP contribution >= 0.6 is 11.6 Å². The molecule has 1 saturated carbocycles. The van der Waals surface area contributed by atoms with Gasteiger partial charge < -0.3 is 20.1 Å². The van der Waals surface area contributed by atoms with Crippen molar-refractivity contribution in [1.82, 2.24) is 19.9 Å². The van der Waals surface area contributed by atoms with Crippen LogP contribution in [0.1, 0.15) is 43.2 Å². The van der Waals surface area contributed by atoms with Gasteiger partial charge in [-0.2, -0.15) is 23.1 Å². The van der Waals surface area contributed by atoms with Crippen molar-refractivity contribution >= 4 is 34.1 Å². The number of hydrogen-bond donors (Lipinski definition) is 1.